The number of rotatable bonds is 0. The van der Waals surface area contributed by atoms with Gasteiger partial charge in [-0.15, -0.1) is 0 Å². The highest BCUT2D eigenvalue weighted by Crippen LogP contribution is 2.29. The van der Waals surface area contributed by atoms with Crippen LogP contribution in [0, 0.1) is 3.57 Å². The maximum absolute atomic E-state index is 13.0. The molecule has 14 heavy (non-hydrogen) atoms. The van der Waals surface area contributed by atoms with Crippen LogP contribution in [0.5, 0.6) is 0 Å². The molecule has 0 fully saturated rings. The van der Waals surface area contributed by atoms with Gasteiger partial charge >= 0.3 is 0 Å². The van der Waals surface area contributed by atoms with Gasteiger partial charge in [-0.05, 0) is 40.8 Å². The molecule has 0 aliphatic carbocycles. The van der Waals surface area contributed by atoms with E-state index in [9.17, 15) is 8.78 Å². The number of halogens is 3. The summed E-state index contributed by atoms with van der Waals surface area (Å²) in [6, 6.07) is 5.55. The molecule has 0 aromatic heterocycles. The quantitative estimate of drug-likeness (QED) is 0.720. The second-order valence-electron chi connectivity index (χ2n) is 3.25. The maximum atomic E-state index is 13.0. The predicted molar refractivity (Wildman–Crippen MR) is 61.1 cm³/mol. The fourth-order valence-corrected chi connectivity index (χ4v) is 1.82. The summed E-state index contributed by atoms with van der Waals surface area (Å²) in [7, 11) is 0. The van der Waals surface area contributed by atoms with Crippen LogP contribution >= 0.6 is 22.6 Å². The average Bonchev–Trinajstić information content (AvgIpc) is 2.26. The van der Waals surface area contributed by atoms with E-state index in [4.69, 9.17) is 0 Å². The van der Waals surface area contributed by atoms with Crippen molar-refractivity contribution in [2.45, 2.75) is 5.92 Å². The summed E-state index contributed by atoms with van der Waals surface area (Å²) in [5.74, 6) is -2.69. The van der Waals surface area contributed by atoms with Crippen molar-refractivity contribution in [1.82, 2.24) is 0 Å². The molecule has 1 heterocycles. The molecule has 0 saturated carbocycles. The molecule has 2 rings (SSSR count). The van der Waals surface area contributed by atoms with Crippen molar-refractivity contribution in [2.24, 2.45) is 0 Å². The molecule has 76 valence electrons. The van der Waals surface area contributed by atoms with Gasteiger partial charge in [0.15, 0.2) is 0 Å². The molecule has 1 aromatic rings. The van der Waals surface area contributed by atoms with Crippen LogP contribution in [0.15, 0.2) is 18.2 Å². The van der Waals surface area contributed by atoms with Crippen LogP contribution in [0.3, 0.4) is 0 Å². The minimum absolute atomic E-state index is 0.312. The van der Waals surface area contributed by atoms with E-state index in [1.54, 1.807) is 0 Å². The smallest absolute Gasteiger partial charge is 0.281 e. The topological polar surface area (TPSA) is 24.1 Å². The van der Waals surface area contributed by atoms with Crippen molar-refractivity contribution in [3.05, 3.63) is 21.8 Å². The van der Waals surface area contributed by atoms with Gasteiger partial charge in [-0.2, -0.15) is 0 Å². The lowest BCUT2D eigenvalue weighted by atomic mass is 10.2. The summed E-state index contributed by atoms with van der Waals surface area (Å²) < 4.78 is 27.0. The van der Waals surface area contributed by atoms with Gasteiger partial charge in [0.1, 0.15) is 0 Å². The van der Waals surface area contributed by atoms with E-state index in [-0.39, 0.29) is 13.1 Å². The zero-order chi connectivity index (χ0) is 10.2. The van der Waals surface area contributed by atoms with Crippen LogP contribution in [0.25, 0.3) is 0 Å². The standard InChI is InChI=1S/C9H9F2IN2/c10-9(11)4-13-7-2-1-6(12)3-8(7)14-5-9/h1-3,13-14H,4-5H2. The van der Waals surface area contributed by atoms with Crippen molar-refractivity contribution in [3.8, 4) is 0 Å². The molecule has 5 heteroatoms. The van der Waals surface area contributed by atoms with Crippen LogP contribution in [-0.4, -0.2) is 19.0 Å². The first kappa shape index (κ1) is 9.95. The van der Waals surface area contributed by atoms with Crippen molar-refractivity contribution in [2.75, 3.05) is 23.7 Å². The first-order valence-electron chi connectivity index (χ1n) is 4.22. The van der Waals surface area contributed by atoms with Crippen LogP contribution in [0.2, 0.25) is 0 Å². The molecule has 1 aliphatic rings. The van der Waals surface area contributed by atoms with Gasteiger partial charge in [0.25, 0.3) is 5.92 Å². The third-order valence-electron chi connectivity index (χ3n) is 2.06. The molecule has 1 aromatic carbocycles. The molecule has 0 saturated heterocycles. The summed E-state index contributed by atoms with van der Waals surface area (Å²) in [6.45, 7) is -0.624. The van der Waals surface area contributed by atoms with E-state index in [1.807, 2.05) is 18.2 Å². The Bertz CT molecular complexity index is 355. The first-order valence-corrected chi connectivity index (χ1v) is 5.30. The van der Waals surface area contributed by atoms with E-state index in [2.05, 4.69) is 33.2 Å². The zero-order valence-electron chi connectivity index (χ0n) is 7.28. The van der Waals surface area contributed by atoms with E-state index in [0.29, 0.717) is 0 Å². The molecule has 0 amide bonds. The number of anilines is 2. The van der Waals surface area contributed by atoms with Crippen molar-refractivity contribution in [3.63, 3.8) is 0 Å². The molecule has 0 bridgehead atoms. The summed E-state index contributed by atoms with van der Waals surface area (Å²) in [6.07, 6.45) is 0. The average molecular weight is 310 g/mol. The highest BCUT2D eigenvalue weighted by atomic mass is 127. The predicted octanol–water partition coefficient (Wildman–Crippen LogP) is 2.76. The number of nitrogens with one attached hydrogen (secondary N) is 2. The minimum Gasteiger partial charge on any atom is -0.377 e. The zero-order valence-corrected chi connectivity index (χ0v) is 9.44. The summed E-state index contributed by atoms with van der Waals surface area (Å²) in [5, 5.41) is 5.47. The molecular weight excluding hydrogens is 301 g/mol. The number of hydrogen-bond acceptors (Lipinski definition) is 2. The van der Waals surface area contributed by atoms with Crippen molar-refractivity contribution in [1.29, 1.82) is 0 Å². The largest absolute Gasteiger partial charge is 0.377 e. The molecule has 1 aliphatic heterocycles. The monoisotopic (exact) mass is 310 g/mol. The molecule has 0 unspecified atom stereocenters. The van der Waals surface area contributed by atoms with E-state index in [0.717, 1.165) is 14.9 Å². The van der Waals surface area contributed by atoms with E-state index >= 15 is 0 Å². The Morgan fingerprint density at radius 1 is 1.14 bits per heavy atom. The summed E-state index contributed by atoms with van der Waals surface area (Å²) in [4.78, 5) is 0. The fraction of sp³-hybridized carbons (Fsp3) is 0.333. The number of hydrogen-bond donors (Lipinski definition) is 2. The van der Waals surface area contributed by atoms with Crippen LogP contribution in [0.1, 0.15) is 0 Å². The van der Waals surface area contributed by atoms with Gasteiger partial charge < -0.3 is 10.6 Å². The lowest BCUT2D eigenvalue weighted by Crippen LogP contribution is -2.32. The highest BCUT2D eigenvalue weighted by molar-refractivity contribution is 14.1. The Morgan fingerprint density at radius 2 is 1.79 bits per heavy atom. The third-order valence-corrected chi connectivity index (χ3v) is 2.73. The number of benzene rings is 1. The second-order valence-corrected chi connectivity index (χ2v) is 4.50. The molecule has 2 N–H and O–H groups in total. The fourth-order valence-electron chi connectivity index (χ4n) is 1.33. The molecule has 2 nitrogen and oxygen atoms in total. The highest BCUT2D eigenvalue weighted by Gasteiger charge is 2.31. The minimum atomic E-state index is -2.69. The molecule has 0 spiro atoms. The van der Waals surface area contributed by atoms with Crippen LogP contribution in [0.4, 0.5) is 20.2 Å². The Balaban J connectivity index is 2.30. The lowest BCUT2D eigenvalue weighted by Gasteiger charge is -2.12. The first-order chi connectivity index (χ1) is 6.57. The van der Waals surface area contributed by atoms with Gasteiger partial charge in [0.2, 0.25) is 0 Å². The summed E-state index contributed by atoms with van der Waals surface area (Å²) >= 11 is 2.15. The SMILES string of the molecule is FC1(F)CNc2ccc(I)cc2NC1. The third kappa shape index (κ3) is 2.08. The van der Waals surface area contributed by atoms with Crippen LogP contribution < -0.4 is 10.6 Å². The molecular formula is C9H9F2IN2. The van der Waals surface area contributed by atoms with Crippen molar-refractivity contribution < 1.29 is 8.78 Å². The van der Waals surface area contributed by atoms with Gasteiger partial charge in [-0.3, -0.25) is 0 Å². The maximum Gasteiger partial charge on any atom is 0.281 e. The van der Waals surface area contributed by atoms with Gasteiger partial charge in [0.05, 0.1) is 24.5 Å². The van der Waals surface area contributed by atoms with Crippen molar-refractivity contribution >= 4 is 34.0 Å². The Morgan fingerprint density at radius 3 is 2.50 bits per heavy atom. The Hall–Kier alpha value is -0.590. The Labute approximate surface area is 94.2 Å². The van der Waals surface area contributed by atoms with E-state index in [1.165, 1.54) is 0 Å². The van der Waals surface area contributed by atoms with Gasteiger partial charge in [0, 0.05) is 3.57 Å². The van der Waals surface area contributed by atoms with Gasteiger partial charge in [-0.25, -0.2) is 8.78 Å². The lowest BCUT2D eigenvalue weighted by molar-refractivity contribution is 0.0309. The second kappa shape index (κ2) is 3.52. The van der Waals surface area contributed by atoms with Gasteiger partial charge in [-0.1, -0.05) is 0 Å². The Kier molecular flexibility index (Phi) is 2.50. The number of alkyl halides is 2. The van der Waals surface area contributed by atoms with E-state index < -0.39 is 5.92 Å². The van der Waals surface area contributed by atoms with Crippen LogP contribution in [-0.2, 0) is 0 Å². The molecule has 0 atom stereocenters. The normalized spacial score (nSPS) is 18.8. The number of fused-ring (bicyclic) bond motifs is 1. The molecule has 0 radical (unpaired) electrons. The summed E-state index contributed by atoms with van der Waals surface area (Å²) in [5.41, 5.74) is 1.48.